The number of hydrogen-bond donors (Lipinski definition) is 2. The van der Waals surface area contributed by atoms with Gasteiger partial charge in [-0.15, -0.1) is 0 Å². The first-order valence-electron chi connectivity index (χ1n) is 24.6. The summed E-state index contributed by atoms with van der Waals surface area (Å²) in [4.78, 5) is 6.33. The maximum atomic E-state index is 11.7. The quantitative estimate of drug-likeness (QED) is 0.0408. The third-order valence-electron chi connectivity index (χ3n) is 13.1. The third kappa shape index (κ3) is 12.7. The number of rotatable bonds is 21. The Morgan fingerprint density at radius 2 is 0.878 bits per heavy atom. The molecule has 2 aliphatic rings. The smallest absolute Gasteiger partial charge is 0.265 e. The molecule has 0 amide bonds. The van der Waals surface area contributed by atoms with E-state index in [0.29, 0.717) is 23.1 Å². The molecule has 2 N–H and O–H groups in total. The number of hydrogen-bond acceptors (Lipinski definition) is 10. The van der Waals surface area contributed by atoms with Gasteiger partial charge in [0.25, 0.3) is 30.3 Å². The maximum Gasteiger partial charge on any atom is 0.265 e. The van der Waals surface area contributed by atoms with Gasteiger partial charge in [0.15, 0.2) is 13.1 Å². The topological polar surface area (TPSA) is 123 Å². The Kier molecular flexibility index (Phi) is 16.6. The summed E-state index contributed by atoms with van der Waals surface area (Å²) < 4.78 is 73.2. The summed E-state index contributed by atoms with van der Waals surface area (Å²) in [6.07, 6.45) is 11.3. The van der Waals surface area contributed by atoms with Crippen molar-refractivity contribution >= 4 is 134 Å². The van der Waals surface area contributed by atoms with Gasteiger partial charge in [0.1, 0.15) is 9.40 Å². The van der Waals surface area contributed by atoms with Crippen molar-refractivity contribution in [2.75, 3.05) is 34.4 Å². The van der Waals surface area contributed by atoms with Gasteiger partial charge < -0.3 is 9.80 Å². The minimum Gasteiger partial charge on any atom is -0.335 e. The predicted molar refractivity (Wildman–Crippen MR) is 310 cm³/mol. The SMILES string of the molecule is O=S(=O)(O)CCCN1C(=Cc2sc3ccc(-c4ccccc4)cc3[n+]2CCCCCCCC[n+]2c(C=C3Sc4ccc(Cl)cc4N3CCCS(=O)(=O)O)sc3ccc(-c4ccccc4)cc32)Sc2ccc(Cl)cc21. The zero-order chi connectivity index (χ0) is 51.4. The van der Waals surface area contributed by atoms with Crippen molar-refractivity contribution in [1.82, 2.24) is 0 Å². The monoisotopic (exact) mass is 1140 g/mol. The lowest BCUT2D eigenvalue weighted by molar-refractivity contribution is -0.669. The second kappa shape index (κ2) is 23.3. The Bertz CT molecular complexity index is 3410. The lowest BCUT2D eigenvalue weighted by Crippen LogP contribution is -2.35. The van der Waals surface area contributed by atoms with Gasteiger partial charge in [0.05, 0.1) is 45.1 Å². The Hall–Kier alpha value is -4.72. The number of nitrogens with zero attached hydrogens (tertiary/aromatic N) is 4. The molecular weight excluding hydrogens is 1090 g/mol. The van der Waals surface area contributed by atoms with Crippen molar-refractivity contribution in [2.24, 2.45) is 0 Å². The summed E-state index contributed by atoms with van der Waals surface area (Å²) in [5.74, 6) is -0.645. The van der Waals surface area contributed by atoms with E-state index in [-0.39, 0.29) is 24.3 Å². The molecule has 0 saturated carbocycles. The van der Waals surface area contributed by atoms with E-state index in [1.807, 2.05) is 48.5 Å². The van der Waals surface area contributed by atoms with Crippen LogP contribution < -0.4 is 18.9 Å². The highest BCUT2D eigenvalue weighted by atomic mass is 35.5. The van der Waals surface area contributed by atoms with Gasteiger partial charge in [0.2, 0.25) is 11.0 Å². The van der Waals surface area contributed by atoms with Gasteiger partial charge in [-0.1, -0.05) is 155 Å². The molecular formula is C56H54Cl2N4O6S6+2. The molecule has 0 unspecified atom stereocenters. The number of anilines is 2. The van der Waals surface area contributed by atoms with Crippen LogP contribution in [0.1, 0.15) is 61.4 Å². The highest BCUT2D eigenvalue weighted by Crippen LogP contribution is 2.49. The molecule has 0 bridgehead atoms. The van der Waals surface area contributed by atoms with Gasteiger partial charge in [0, 0.05) is 57.9 Å². The van der Waals surface area contributed by atoms with Crippen LogP contribution in [0.4, 0.5) is 11.4 Å². The van der Waals surface area contributed by atoms with Crippen LogP contribution in [0.5, 0.6) is 0 Å². The molecule has 10 nitrogen and oxygen atoms in total. The normalized spacial score (nSPS) is 14.8. The summed E-state index contributed by atoms with van der Waals surface area (Å²) in [5, 5.41) is 5.40. The van der Waals surface area contributed by atoms with E-state index in [1.165, 1.54) is 20.4 Å². The number of thiazole rings is 2. The number of fused-ring (bicyclic) bond motifs is 4. The first-order chi connectivity index (χ1) is 35.7. The molecule has 0 radical (unpaired) electrons. The second-order valence-corrected chi connectivity index (χ2v) is 26.6. The molecule has 74 heavy (non-hydrogen) atoms. The minimum absolute atomic E-state index is 0.264. The standard InChI is InChI=1S/C56H52Cl2N4O6S6/c57-43-21-25-51-47(35-43)61(29-13-31-73(63,64)65)55(71-51)37-53-59(45-33-41(19-23-49(45)69-53)39-15-7-5-8-16-39)27-11-3-1-2-4-12-28-60-46-34-42(40-17-9-6-10-18-40)20-24-50(46)70-54(60)38-56-62(30-14-32-74(66,67)68)48-36-44(58)22-26-52(48)72-56/h5-10,15-26,33-38H,1-4,11-14,27-32H2/p+2. The molecule has 0 aliphatic carbocycles. The summed E-state index contributed by atoms with van der Waals surface area (Å²) >= 11 is 19.8. The van der Waals surface area contributed by atoms with Crippen LogP contribution in [0.3, 0.4) is 0 Å². The molecule has 6 aromatic carbocycles. The molecule has 4 heterocycles. The molecule has 0 atom stereocenters. The Balaban J connectivity index is 0.858. The average molecular weight is 1140 g/mol. The Morgan fingerprint density at radius 1 is 0.473 bits per heavy atom. The fourth-order valence-electron chi connectivity index (χ4n) is 9.59. The second-order valence-electron chi connectivity index (χ2n) is 18.4. The summed E-state index contributed by atoms with van der Waals surface area (Å²) in [6, 6.07) is 45.9. The largest absolute Gasteiger partial charge is 0.335 e. The zero-order valence-corrected chi connectivity index (χ0v) is 46.7. The van der Waals surface area contributed by atoms with E-state index in [2.05, 4.69) is 116 Å². The van der Waals surface area contributed by atoms with Crippen LogP contribution >= 0.6 is 69.4 Å². The molecule has 10 rings (SSSR count). The molecule has 382 valence electrons. The van der Waals surface area contributed by atoms with Gasteiger partial charge in [-0.3, -0.25) is 9.11 Å². The first kappa shape index (κ1) is 52.7. The molecule has 18 heteroatoms. The Labute approximate surface area is 459 Å². The molecule has 8 aromatic rings. The van der Waals surface area contributed by atoms with E-state index in [4.69, 9.17) is 23.2 Å². The van der Waals surface area contributed by atoms with E-state index in [9.17, 15) is 25.9 Å². The van der Waals surface area contributed by atoms with Crippen molar-refractivity contribution in [3.8, 4) is 22.3 Å². The lowest BCUT2D eigenvalue weighted by Gasteiger charge is -2.20. The number of halogens is 2. The van der Waals surface area contributed by atoms with Crippen molar-refractivity contribution in [3.63, 3.8) is 0 Å². The molecule has 2 aliphatic heterocycles. The highest BCUT2D eigenvalue weighted by molar-refractivity contribution is 8.04. The molecule has 0 spiro atoms. The first-order valence-corrected chi connectivity index (χ1v) is 31.8. The number of aryl methyl sites for hydroxylation is 2. The van der Waals surface area contributed by atoms with Gasteiger partial charge >= 0.3 is 0 Å². The molecule has 2 aromatic heterocycles. The zero-order valence-electron chi connectivity index (χ0n) is 40.3. The van der Waals surface area contributed by atoms with Crippen LogP contribution in [-0.4, -0.2) is 50.5 Å². The van der Waals surface area contributed by atoms with Crippen LogP contribution in [0.15, 0.2) is 153 Å². The minimum atomic E-state index is -4.11. The van der Waals surface area contributed by atoms with E-state index < -0.39 is 20.2 Å². The van der Waals surface area contributed by atoms with E-state index >= 15 is 0 Å². The average Bonchev–Trinajstić information content (AvgIpc) is 4.11. The number of unbranched alkanes of at least 4 members (excludes halogenated alkanes) is 5. The van der Waals surface area contributed by atoms with Crippen molar-refractivity contribution in [2.45, 2.75) is 74.2 Å². The van der Waals surface area contributed by atoms with Crippen molar-refractivity contribution in [3.05, 3.63) is 164 Å². The molecule has 0 fully saturated rings. The fraction of sp³-hybridized carbons (Fsp3) is 0.250. The van der Waals surface area contributed by atoms with Crippen molar-refractivity contribution < 1.29 is 35.1 Å². The Morgan fingerprint density at radius 3 is 1.28 bits per heavy atom. The lowest BCUT2D eigenvalue weighted by atomic mass is 10.1. The maximum absolute atomic E-state index is 11.7. The van der Waals surface area contributed by atoms with Crippen LogP contribution in [-0.2, 0) is 33.3 Å². The highest BCUT2D eigenvalue weighted by Gasteiger charge is 2.31. The van der Waals surface area contributed by atoms with Crippen LogP contribution in [0.2, 0.25) is 10.0 Å². The van der Waals surface area contributed by atoms with Crippen LogP contribution in [0.25, 0.3) is 54.8 Å². The van der Waals surface area contributed by atoms with Gasteiger partial charge in [-0.05, 0) is 96.5 Å². The van der Waals surface area contributed by atoms with Gasteiger partial charge in [-0.25, -0.2) is 0 Å². The fourth-order valence-corrected chi connectivity index (χ4v) is 15.5. The third-order valence-corrected chi connectivity index (χ3v) is 19.7. The summed E-state index contributed by atoms with van der Waals surface area (Å²) in [5.41, 5.74) is 8.85. The molecule has 0 saturated heterocycles. The number of benzene rings is 6. The summed E-state index contributed by atoms with van der Waals surface area (Å²) in [7, 11) is -8.22. The number of aromatic nitrogens is 2. The predicted octanol–water partition coefficient (Wildman–Crippen LogP) is 14.7. The van der Waals surface area contributed by atoms with Crippen molar-refractivity contribution in [1.29, 1.82) is 0 Å². The van der Waals surface area contributed by atoms with Crippen LogP contribution in [0, 0.1) is 0 Å². The van der Waals surface area contributed by atoms with E-state index in [1.54, 1.807) is 46.2 Å². The van der Waals surface area contributed by atoms with Gasteiger partial charge in [-0.2, -0.15) is 26.0 Å². The number of thioether (sulfide) groups is 2. The van der Waals surface area contributed by atoms with E-state index in [0.717, 1.165) is 115 Å². The summed E-state index contributed by atoms with van der Waals surface area (Å²) in [6.45, 7) is 2.49.